The van der Waals surface area contributed by atoms with Gasteiger partial charge in [0.25, 0.3) is 5.56 Å². The zero-order chi connectivity index (χ0) is 18.7. The molecular formula is C18H27N3O5. The molecule has 2 aliphatic carbocycles. The average Bonchev–Trinajstić information content (AvgIpc) is 3.03. The van der Waals surface area contributed by atoms with E-state index in [-0.39, 0.29) is 29.9 Å². The number of nitrogens with zero attached hydrogens (tertiary/aromatic N) is 1. The minimum atomic E-state index is -0.879. The van der Waals surface area contributed by atoms with Gasteiger partial charge in [0.1, 0.15) is 6.04 Å². The number of nitrogens with one attached hydrogen (secondary N) is 2. The van der Waals surface area contributed by atoms with E-state index in [1.165, 1.54) is 4.57 Å². The standard InChI is InChI=1S/C18H27N3O5/c1-2-26-17(24)14(10-22)19-13-9-8-12-15(13)20-18(25)21(16(12)23)11-6-4-3-5-7-11/h11,13-14,19,22H,2-10H2,1H3,(H,20,25)/t13-,14+/m0/s1. The fourth-order valence-electron chi connectivity index (χ4n) is 4.09. The average molecular weight is 365 g/mol. The molecule has 0 saturated heterocycles. The molecular weight excluding hydrogens is 338 g/mol. The number of hydrogen-bond acceptors (Lipinski definition) is 6. The van der Waals surface area contributed by atoms with Gasteiger partial charge in [0.15, 0.2) is 0 Å². The summed E-state index contributed by atoms with van der Waals surface area (Å²) in [4.78, 5) is 40.2. The Morgan fingerprint density at radius 1 is 1.31 bits per heavy atom. The predicted molar refractivity (Wildman–Crippen MR) is 95.1 cm³/mol. The molecule has 144 valence electrons. The zero-order valence-electron chi connectivity index (χ0n) is 15.1. The van der Waals surface area contributed by atoms with Crippen molar-refractivity contribution in [2.24, 2.45) is 0 Å². The van der Waals surface area contributed by atoms with Crippen LogP contribution in [0.25, 0.3) is 0 Å². The van der Waals surface area contributed by atoms with Gasteiger partial charge >= 0.3 is 11.7 Å². The van der Waals surface area contributed by atoms with Crippen LogP contribution in [0.1, 0.15) is 68.8 Å². The van der Waals surface area contributed by atoms with Gasteiger partial charge in [-0.1, -0.05) is 19.3 Å². The first-order chi connectivity index (χ1) is 12.6. The predicted octanol–water partition coefficient (Wildman–Crippen LogP) is 0.543. The Morgan fingerprint density at radius 3 is 2.69 bits per heavy atom. The Morgan fingerprint density at radius 2 is 2.04 bits per heavy atom. The van der Waals surface area contributed by atoms with E-state index in [1.807, 2.05) is 0 Å². The first kappa shape index (κ1) is 18.8. The number of H-pyrrole nitrogens is 1. The van der Waals surface area contributed by atoms with Gasteiger partial charge in [0.05, 0.1) is 13.2 Å². The number of hydrogen-bond donors (Lipinski definition) is 3. The molecule has 0 radical (unpaired) electrons. The lowest BCUT2D eigenvalue weighted by molar-refractivity contribution is -0.147. The summed E-state index contributed by atoms with van der Waals surface area (Å²) >= 11 is 0. The Labute approximate surface area is 151 Å². The van der Waals surface area contributed by atoms with E-state index in [9.17, 15) is 19.5 Å². The molecule has 2 atom stereocenters. The second-order valence-electron chi connectivity index (χ2n) is 7.03. The Hall–Kier alpha value is -1.93. The van der Waals surface area contributed by atoms with E-state index >= 15 is 0 Å². The Bertz CT molecular complexity index is 763. The van der Waals surface area contributed by atoms with Crippen molar-refractivity contribution >= 4 is 5.97 Å². The van der Waals surface area contributed by atoms with Crippen molar-refractivity contribution in [3.8, 4) is 0 Å². The van der Waals surface area contributed by atoms with Gasteiger partial charge in [0, 0.05) is 23.3 Å². The number of ether oxygens (including phenoxy) is 1. The van der Waals surface area contributed by atoms with Gasteiger partial charge in [-0.15, -0.1) is 0 Å². The van der Waals surface area contributed by atoms with Gasteiger partial charge in [-0.3, -0.25) is 19.5 Å². The lowest BCUT2D eigenvalue weighted by Gasteiger charge is -2.24. The Kier molecular flexibility index (Phi) is 5.93. The summed E-state index contributed by atoms with van der Waals surface area (Å²) in [5.41, 5.74) is 0.547. The number of esters is 1. The van der Waals surface area contributed by atoms with Crippen LogP contribution in [0, 0.1) is 0 Å². The monoisotopic (exact) mass is 365 g/mol. The van der Waals surface area contributed by atoms with Crippen LogP contribution in [0.5, 0.6) is 0 Å². The molecule has 3 N–H and O–H groups in total. The van der Waals surface area contributed by atoms with Gasteiger partial charge in [-0.05, 0) is 32.6 Å². The van der Waals surface area contributed by atoms with E-state index in [4.69, 9.17) is 4.74 Å². The SMILES string of the molecule is CCOC(=O)[C@@H](CO)N[C@H]1CCc2c1[nH]c(=O)n(C1CCCCC1)c2=O. The van der Waals surface area contributed by atoms with Crippen LogP contribution in [0.4, 0.5) is 0 Å². The number of carbonyl (C=O) groups excluding carboxylic acids is 1. The second kappa shape index (κ2) is 8.18. The van der Waals surface area contributed by atoms with Crippen molar-refractivity contribution in [3.63, 3.8) is 0 Å². The third-order valence-electron chi connectivity index (χ3n) is 5.39. The van der Waals surface area contributed by atoms with Crippen LogP contribution >= 0.6 is 0 Å². The van der Waals surface area contributed by atoms with Crippen LogP contribution in [0.2, 0.25) is 0 Å². The van der Waals surface area contributed by atoms with E-state index < -0.39 is 18.6 Å². The van der Waals surface area contributed by atoms with Crippen LogP contribution in [-0.2, 0) is 16.0 Å². The molecule has 1 fully saturated rings. The third kappa shape index (κ3) is 3.61. The molecule has 26 heavy (non-hydrogen) atoms. The van der Waals surface area contributed by atoms with E-state index in [1.54, 1.807) is 6.92 Å². The van der Waals surface area contributed by atoms with Crippen molar-refractivity contribution in [1.29, 1.82) is 0 Å². The zero-order valence-corrected chi connectivity index (χ0v) is 15.1. The summed E-state index contributed by atoms with van der Waals surface area (Å²) in [5, 5.41) is 12.5. The maximum atomic E-state index is 12.9. The van der Waals surface area contributed by atoms with Crippen molar-refractivity contribution in [1.82, 2.24) is 14.9 Å². The summed E-state index contributed by atoms with van der Waals surface area (Å²) in [6.45, 7) is 1.51. The van der Waals surface area contributed by atoms with Crippen LogP contribution in [0.3, 0.4) is 0 Å². The van der Waals surface area contributed by atoms with Crippen molar-refractivity contribution in [2.45, 2.75) is 70.0 Å². The molecule has 0 aliphatic heterocycles. The number of fused-ring (bicyclic) bond motifs is 1. The molecule has 0 aromatic carbocycles. The van der Waals surface area contributed by atoms with Gasteiger partial charge in [0.2, 0.25) is 0 Å². The summed E-state index contributed by atoms with van der Waals surface area (Å²) in [5.74, 6) is -0.540. The summed E-state index contributed by atoms with van der Waals surface area (Å²) in [6, 6.07) is -1.26. The van der Waals surface area contributed by atoms with Gasteiger partial charge < -0.3 is 14.8 Å². The largest absolute Gasteiger partial charge is 0.465 e. The third-order valence-corrected chi connectivity index (χ3v) is 5.39. The van der Waals surface area contributed by atoms with E-state index in [2.05, 4.69) is 10.3 Å². The number of carbonyl (C=O) groups is 1. The highest BCUT2D eigenvalue weighted by molar-refractivity contribution is 5.76. The first-order valence-electron chi connectivity index (χ1n) is 9.48. The molecule has 1 saturated carbocycles. The number of aliphatic hydroxyl groups excluding tert-OH is 1. The lowest BCUT2D eigenvalue weighted by Crippen LogP contribution is -2.44. The van der Waals surface area contributed by atoms with Crippen molar-refractivity contribution < 1.29 is 14.6 Å². The summed E-state index contributed by atoms with van der Waals surface area (Å²) in [6.07, 6.45) is 6.07. The fraction of sp³-hybridized carbons (Fsp3) is 0.722. The van der Waals surface area contributed by atoms with Crippen LogP contribution in [-0.4, -0.2) is 39.9 Å². The minimum Gasteiger partial charge on any atom is -0.465 e. The van der Waals surface area contributed by atoms with Crippen molar-refractivity contribution in [2.75, 3.05) is 13.2 Å². The number of aromatic amines is 1. The van der Waals surface area contributed by atoms with Crippen LogP contribution < -0.4 is 16.6 Å². The Balaban J connectivity index is 1.86. The highest BCUT2D eigenvalue weighted by Gasteiger charge is 2.32. The fourth-order valence-corrected chi connectivity index (χ4v) is 4.09. The highest BCUT2D eigenvalue weighted by Crippen LogP contribution is 2.29. The summed E-state index contributed by atoms with van der Waals surface area (Å²) < 4.78 is 6.32. The van der Waals surface area contributed by atoms with E-state index in [0.717, 1.165) is 32.1 Å². The molecule has 8 nitrogen and oxygen atoms in total. The van der Waals surface area contributed by atoms with Gasteiger partial charge in [-0.2, -0.15) is 0 Å². The topological polar surface area (TPSA) is 113 Å². The molecule has 0 bridgehead atoms. The maximum Gasteiger partial charge on any atom is 0.328 e. The number of aliphatic hydroxyl groups is 1. The minimum absolute atomic E-state index is 0.0259. The summed E-state index contributed by atoms with van der Waals surface area (Å²) in [7, 11) is 0. The molecule has 1 aromatic rings. The molecule has 0 amide bonds. The lowest BCUT2D eigenvalue weighted by atomic mass is 9.95. The molecule has 3 rings (SSSR count). The first-order valence-corrected chi connectivity index (χ1v) is 9.48. The molecule has 1 heterocycles. The van der Waals surface area contributed by atoms with E-state index in [0.29, 0.717) is 24.1 Å². The smallest absolute Gasteiger partial charge is 0.328 e. The normalized spacial score (nSPS) is 21.4. The number of aromatic nitrogens is 2. The molecule has 1 aromatic heterocycles. The number of rotatable bonds is 6. The van der Waals surface area contributed by atoms with Gasteiger partial charge in [-0.25, -0.2) is 4.79 Å². The second-order valence-corrected chi connectivity index (χ2v) is 7.03. The maximum absolute atomic E-state index is 12.9. The van der Waals surface area contributed by atoms with Crippen molar-refractivity contribution in [3.05, 3.63) is 32.1 Å². The highest BCUT2D eigenvalue weighted by atomic mass is 16.5. The quantitative estimate of drug-likeness (QED) is 0.634. The molecule has 2 aliphatic rings. The molecule has 0 unspecified atom stereocenters. The van der Waals surface area contributed by atoms with Crippen LogP contribution in [0.15, 0.2) is 9.59 Å². The molecule has 8 heteroatoms. The molecule has 0 spiro atoms.